The van der Waals surface area contributed by atoms with Crippen molar-refractivity contribution in [1.29, 1.82) is 0 Å². The maximum Gasteiger partial charge on any atom is 0.245 e. The Morgan fingerprint density at radius 1 is 0.900 bits per heavy atom. The van der Waals surface area contributed by atoms with Crippen molar-refractivity contribution in [2.24, 2.45) is 0 Å². The zero-order valence-corrected chi connectivity index (χ0v) is 17.4. The maximum absolute atomic E-state index is 14.2. The Bertz CT molecular complexity index is 1200. The van der Waals surface area contributed by atoms with Crippen LogP contribution in [-0.4, -0.2) is 25.2 Å². The number of halogens is 2. The molecule has 0 unspecified atom stereocenters. The Morgan fingerprint density at radius 2 is 1.57 bits per heavy atom. The first-order valence-electron chi connectivity index (χ1n) is 9.23. The van der Waals surface area contributed by atoms with Gasteiger partial charge in [-0.2, -0.15) is 4.31 Å². The van der Waals surface area contributed by atoms with Gasteiger partial charge in [-0.1, -0.05) is 54.1 Å². The Balaban J connectivity index is 1.75. The highest BCUT2D eigenvalue weighted by molar-refractivity contribution is 7.89. The molecule has 3 aromatic carbocycles. The molecular formula is C22H18ClFN2O3S. The lowest BCUT2D eigenvalue weighted by Crippen LogP contribution is -2.38. The van der Waals surface area contributed by atoms with E-state index in [2.05, 4.69) is 0 Å². The zero-order chi connectivity index (χ0) is 21.3. The first kappa shape index (κ1) is 20.5. The van der Waals surface area contributed by atoms with Crippen LogP contribution < -0.4 is 4.90 Å². The number of hydrogen-bond acceptors (Lipinski definition) is 3. The standard InChI is InChI=1S/C22H18ClFN2O3S/c23-18-11-9-16(10-12-18)13-25-15-22(27)26(14-17-5-1-2-6-19(17)24)20-7-3-4-8-21(20)30(25,28)29/h1-12H,13-15H2. The van der Waals surface area contributed by atoms with E-state index in [0.717, 1.165) is 4.31 Å². The topological polar surface area (TPSA) is 57.7 Å². The highest BCUT2D eigenvalue weighted by Gasteiger charge is 2.36. The van der Waals surface area contributed by atoms with Gasteiger partial charge < -0.3 is 4.90 Å². The Kier molecular flexibility index (Phi) is 5.60. The number of hydrogen-bond donors (Lipinski definition) is 0. The van der Waals surface area contributed by atoms with E-state index in [-0.39, 0.29) is 30.2 Å². The molecule has 0 radical (unpaired) electrons. The highest BCUT2D eigenvalue weighted by atomic mass is 35.5. The Morgan fingerprint density at radius 3 is 2.30 bits per heavy atom. The number of anilines is 1. The number of amides is 1. The predicted molar refractivity (Wildman–Crippen MR) is 113 cm³/mol. The summed E-state index contributed by atoms with van der Waals surface area (Å²) in [6, 6.07) is 19.2. The SMILES string of the molecule is O=C1CN(Cc2ccc(Cl)cc2)S(=O)(=O)c2ccccc2N1Cc1ccccc1F. The van der Waals surface area contributed by atoms with E-state index in [9.17, 15) is 17.6 Å². The molecule has 1 aliphatic heterocycles. The first-order valence-corrected chi connectivity index (χ1v) is 11.1. The minimum absolute atomic E-state index is 0.0150. The fourth-order valence-corrected chi connectivity index (χ4v) is 5.09. The lowest BCUT2D eigenvalue weighted by molar-refractivity contribution is -0.119. The molecule has 5 nitrogen and oxygen atoms in total. The normalized spacial score (nSPS) is 16.2. The molecule has 0 saturated carbocycles. The van der Waals surface area contributed by atoms with E-state index in [4.69, 9.17) is 11.6 Å². The second-order valence-corrected chi connectivity index (χ2v) is 9.28. The molecule has 1 aliphatic rings. The van der Waals surface area contributed by atoms with Crippen LogP contribution in [0, 0.1) is 5.82 Å². The highest BCUT2D eigenvalue weighted by Crippen LogP contribution is 2.33. The maximum atomic E-state index is 14.2. The third-order valence-corrected chi connectivity index (χ3v) is 7.04. The van der Waals surface area contributed by atoms with Gasteiger partial charge in [-0.15, -0.1) is 0 Å². The van der Waals surface area contributed by atoms with Crippen molar-refractivity contribution in [1.82, 2.24) is 4.31 Å². The number of carbonyl (C=O) groups is 1. The van der Waals surface area contributed by atoms with Crippen LogP contribution in [0.3, 0.4) is 0 Å². The predicted octanol–water partition coefficient (Wildman–Crippen LogP) is 4.22. The third kappa shape index (κ3) is 3.96. The summed E-state index contributed by atoms with van der Waals surface area (Å²) in [4.78, 5) is 14.5. The fraction of sp³-hybridized carbons (Fsp3) is 0.136. The zero-order valence-electron chi connectivity index (χ0n) is 15.8. The largest absolute Gasteiger partial charge is 0.305 e. The van der Waals surface area contributed by atoms with Gasteiger partial charge in [0.05, 0.1) is 18.8 Å². The van der Waals surface area contributed by atoms with E-state index >= 15 is 0 Å². The van der Waals surface area contributed by atoms with E-state index in [0.29, 0.717) is 16.1 Å². The Hall–Kier alpha value is -2.74. The number of rotatable bonds is 4. The average Bonchev–Trinajstić information content (AvgIpc) is 2.80. The molecule has 1 heterocycles. The van der Waals surface area contributed by atoms with Gasteiger partial charge in [0.15, 0.2) is 0 Å². The molecule has 0 bridgehead atoms. The number of carbonyl (C=O) groups excluding carboxylic acids is 1. The van der Waals surface area contributed by atoms with E-state index in [1.165, 1.54) is 17.0 Å². The van der Waals surface area contributed by atoms with Crippen LogP contribution >= 0.6 is 11.6 Å². The van der Waals surface area contributed by atoms with Crippen LogP contribution in [0.4, 0.5) is 10.1 Å². The van der Waals surface area contributed by atoms with Crippen LogP contribution in [0.2, 0.25) is 5.02 Å². The summed E-state index contributed by atoms with van der Waals surface area (Å²) in [5, 5.41) is 0.537. The minimum Gasteiger partial charge on any atom is -0.305 e. The van der Waals surface area contributed by atoms with Gasteiger partial charge in [0.25, 0.3) is 0 Å². The van der Waals surface area contributed by atoms with Crippen molar-refractivity contribution in [3.8, 4) is 0 Å². The number of benzene rings is 3. The average molecular weight is 445 g/mol. The van der Waals surface area contributed by atoms with Crippen molar-refractivity contribution in [2.45, 2.75) is 18.0 Å². The van der Waals surface area contributed by atoms with Crippen LogP contribution in [0.15, 0.2) is 77.7 Å². The molecule has 4 rings (SSSR count). The molecule has 0 aliphatic carbocycles. The monoisotopic (exact) mass is 444 g/mol. The first-order chi connectivity index (χ1) is 14.4. The van der Waals surface area contributed by atoms with E-state index in [1.807, 2.05) is 0 Å². The van der Waals surface area contributed by atoms with Crippen molar-refractivity contribution < 1.29 is 17.6 Å². The van der Waals surface area contributed by atoms with Crippen LogP contribution in [0.5, 0.6) is 0 Å². The molecule has 1 amide bonds. The second kappa shape index (κ2) is 8.18. The summed E-state index contributed by atoms with van der Waals surface area (Å²) in [6.07, 6.45) is 0. The van der Waals surface area contributed by atoms with Gasteiger partial charge in [-0.3, -0.25) is 4.79 Å². The number of fused-ring (bicyclic) bond motifs is 1. The summed E-state index contributed by atoms with van der Waals surface area (Å²) in [7, 11) is -3.95. The van der Waals surface area contributed by atoms with Gasteiger partial charge in [0, 0.05) is 17.1 Å². The molecule has 0 N–H and O–H groups in total. The summed E-state index contributed by atoms with van der Waals surface area (Å²) in [5.74, 6) is -0.881. The second-order valence-electron chi connectivity index (χ2n) is 6.94. The molecule has 3 aromatic rings. The lowest BCUT2D eigenvalue weighted by atomic mass is 10.1. The summed E-state index contributed by atoms with van der Waals surface area (Å²) >= 11 is 5.91. The number of sulfonamides is 1. The van der Waals surface area contributed by atoms with Crippen LogP contribution in [0.25, 0.3) is 0 Å². The van der Waals surface area contributed by atoms with E-state index in [1.54, 1.807) is 60.7 Å². The van der Waals surface area contributed by atoms with Crippen molar-refractivity contribution in [3.63, 3.8) is 0 Å². The fourth-order valence-electron chi connectivity index (χ4n) is 3.40. The third-order valence-electron chi connectivity index (χ3n) is 4.95. The number of para-hydroxylation sites is 1. The van der Waals surface area contributed by atoms with Crippen LogP contribution in [0.1, 0.15) is 11.1 Å². The molecule has 0 atom stereocenters. The van der Waals surface area contributed by atoms with Crippen molar-refractivity contribution in [2.75, 3.05) is 11.4 Å². The van der Waals surface area contributed by atoms with Gasteiger partial charge in [-0.05, 0) is 35.9 Å². The van der Waals surface area contributed by atoms with Crippen molar-refractivity contribution in [3.05, 3.63) is 94.8 Å². The summed E-state index contributed by atoms with van der Waals surface area (Å²) < 4.78 is 42.1. The molecule has 0 saturated heterocycles. The van der Waals surface area contributed by atoms with E-state index < -0.39 is 21.7 Å². The quantitative estimate of drug-likeness (QED) is 0.605. The van der Waals surface area contributed by atoms with Gasteiger partial charge in [0.2, 0.25) is 15.9 Å². The summed E-state index contributed by atoms with van der Waals surface area (Å²) in [5.41, 5.74) is 1.25. The van der Waals surface area contributed by atoms with Crippen LogP contribution in [-0.2, 0) is 27.9 Å². The Labute approximate surface area is 179 Å². The lowest BCUT2D eigenvalue weighted by Gasteiger charge is -2.22. The molecule has 154 valence electrons. The van der Waals surface area contributed by atoms with Gasteiger partial charge in [-0.25, -0.2) is 12.8 Å². The van der Waals surface area contributed by atoms with Gasteiger partial charge >= 0.3 is 0 Å². The molecule has 8 heteroatoms. The molecule has 0 fully saturated rings. The molecule has 0 spiro atoms. The molecule has 30 heavy (non-hydrogen) atoms. The van der Waals surface area contributed by atoms with Crippen molar-refractivity contribution >= 4 is 33.2 Å². The summed E-state index contributed by atoms with van der Waals surface area (Å²) in [6.45, 7) is -0.395. The minimum atomic E-state index is -3.95. The molecular weight excluding hydrogens is 427 g/mol. The number of nitrogens with zero attached hydrogens (tertiary/aromatic N) is 2. The van der Waals surface area contributed by atoms with Gasteiger partial charge in [0.1, 0.15) is 10.7 Å². The smallest absolute Gasteiger partial charge is 0.245 e. The molecule has 0 aromatic heterocycles.